The molecule has 1 aromatic heterocycles. The molecule has 4 nitrogen and oxygen atoms in total. The molecule has 0 amide bonds. The number of pyridine rings is 1. The second-order valence-corrected chi connectivity index (χ2v) is 8.16. The monoisotopic (exact) mass is 451 g/mol. The summed E-state index contributed by atoms with van der Waals surface area (Å²) in [5, 5.41) is 13.5. The second kappa shape index (κ2) is 6.75. The summed E-state index contributed by atoms with van der Waals surface area (Å²) in [7, 11) is 0. The first-order valence-corrected chi connectivity index (χ1v) is 9.82. The van der Waals surface area contributed by atoms with Gasteiger partial charge in [-0.2, -0.15) is 0 Å². The highest BCUT2D eigenvalue weighted by Gasteiger charge is 2.32. The Morgan fingerprint density at radius 1 is 1.08 bits per heavy atom. The van der Waals surface area contributed by atoms with Gasteiger partial charge in [0.2, 0.25) is 0 Å². The van der Waals surface area contributed by atoms with Crippen LogP contribution in [0.15, 0.2) is 33.3 Å². The molecule has 1 fully saturated rings. The molecule has 0 unspecified atom stereocenters. The van der Waals surface area contributed by atoms with E-state index in [1.54, 1.807) is 6.07 Å². The number of phenolic OH excluding ortho intramolecular Hbond substituents is 1. The van der Waals surface area contributed by atoms with E-state index in [0.29, 0.717) is 5.75 Å². The highest BCUT2D eigenvalue weighted by atomic mass is 79.9. The minimum Gasteiger partial charge on any atom is -0.508 e. The third-order valence-corrected chi connectivity index (χ3v) is 5.97. The number of aryl methyl sites for hydroxylation is 2. The van der Waals surface area contributed by atoms with Gasteiger partial charge in [0.1, 0.15) is 5.75 Å². The Kier molecular flexibility index (Phi) is 4.64. The molecule has 24 heavy (non-hydrogen) atoms. The van der Waals surface area contributed by atoms with E-state index < -0.39 is 0 Å². The molecule has 1 aliphatic carbocycles. The zero-order valence-corrected chi connectivity index (χ0v) is 16.4. The molecule has 0 bridgehead atoms. The fourth-order valence-corrected chi connectivity index (χ4v) is 4.90. The molecule has 1 atom stereocenters. The molecule has 126 valence electrons. The normalized spacial score (nSPS) is 21.0. The number of phenols is 1. The van der Waals surface area contributed by atoms with Crippen molar-refractivity contribution >= 4 is 31.9 Å². The summed E-state index contributed by atoms with van der Waals surface area (Å²) in [5.41, 5.74) is 4.89. The standard InChI is InChI=1S/C18H19Br2N3O/c19-13-7-12-2-1-11-8-14(24)9-15(20)16(11)18(17(12)22-10-13)23-5-3-21-4-6-23/h7-10,18,21,24H,1-6H2/t18-/m1/s1. The molecule has 2 aromatic rings. The Balaban J connectivity index is 1.91. The fraction of sp³-hybridized carbons (Fsp3) is 0.389. The zero-order chi connectivity index (χ0) is 16.7. The van der Waals surface area contributed by atoms with E-state index in [-0.39, 0.29) is 6.04 Å². The van der Waals surface area contributed by atoms with Crippen LogP contribution in [-0.2, 0) is 12.8 Å². The van der Waals surface area contributed by atoms with Crippen LogP contribution in [0.25, 0.3) is 0 Å². The SMILES string of the molecule is Oc1cc(Br)c2c(c1)CCc1cc(Br)cnc1[C@@H]2N1CCNCC1. The highest BCUT2D eigenvalue weighted by molar-refractivity contribution is 9.10. The Morgan fingerprint density at radius 2 is 1.83 bits per heavy atom. The number of benzene rings is 1. The van der Waals surface area contributed by atoms with Crippen molar-refractivity contribution in [2.24, 2.45) is 0 Å². The van der Waals surface area contributed by atoms with Crippen molar-refractivity contribution in [3.63, 3.8) is 0 Å². The van der Waals surface area contributed by atoms with Crippen molar-refractivity contribution < 1.29 is 5.11 Å². The molecule has 2 N–H and O–H groups in total. The van der Waals surface area contributed by atoms with Crippen LogP contribution in [0.2, 0.25) is 0 Å². The Bertz CT molecular complexity index is 775. The predicted octanol–water partition coefficient (Wildman–Crippen LogP) is 3.41. The summed E-state index contributed by atoms with van der Waals surface area (Å²) in [6.45, 7) is 3.98. The Hall–Kier alpha value is -0.950. The third-order valence-electron chi connectivity index (χ3n) is 4.88. The van der Waals surface area contributed by atoms with E-state index in [2.05, 4.69) is 48.1 Å². The van der Waals surface area contributed by atoms with E-state index in [4.69, 9.17) is 4.98 Å². The van der Waals surface area contributed by atoms with Crippen molar-refractivity contribution in [3.05, 3.63) is 55.7 Å². The molecule has 1 aliphatic heterocycles. The maximum atomic E-state index is 10.0. The van der Waals surface area contributed by atoms with Crippen LogP contribution in [0.1, 0.15) is 28.4 Å². The van der Waals surface area contributed by atoms with Crippen LogP contribution < -0.4 is 5.32 Å². The molecule has 2 heterocycles. The molecular weight excluding hydrogens is 434 g/mol. The van der Waals surface area contributed by atoms with E-state index >= 15 is 0 Å². The van der Waals surface area contributed by atoms with Gasteiger partial charge < -0.3 is 10.4 Å². The molecular formula is C18H19Br2N3O. The van der Waals surface area contributed by atoms with Crippen LogP contribution in [0.5, 0.6) is 5.75 Å². The summed E-state index contributed by atoms with van der Waals surface area (Å²) in [6.07, 6.45) is 3.75. The first kappa shape index (κ1) is 16.5. The molecule has 1 aromatic carbocycles. The van der Waals surface area contributed by atoms with Crippen molar-refractivity contribution in [3.8, 4) is 5.75 Å². The quantitative estimate of drug-likeness (QED) is 0.696. The van der Waals surface area contributed by atoms with Crippen molar-refractivity contribution in [2.45, 2.75) is 18.9 Å². The van der Waals surface area contributed by atoms with E-state index in [0.717, 1.165) is 53.7 Å². The van der Waals surface area contributed by atoms with Gasteiger partial charge in [-0.25, -0.2) is 0 Å². The minimum absolute atomic E-state index is 0.127. The smallest absolute Gasteiger partial charge is 0.117 e. The Labute approximate surface area is 158 Å². The van der Waals surface area contributed by atoms with Gasteiger partial charge in [0.25, 0.3) is 0 Å². The number of aromatic hydroxyl groups is 1. The number of hydrogen-bond donors (Lipinski definition) is 2. The number of piperazine rings is 1. The predicted molar refractivity (Wildman–Crippen MR) is 101 cm³/mol. The maximum Gasteiger partial charge on any atom is 0.117 e. The average molecular weight is 453 g/mol. The molecule has 0 saturated carbocycles. The van der Waals surface area contributed by atoms with Gasteiger partial charge in [-0.1, -0.05) is 15.9 Å². The molecule has 1 saturated heterocycles. The number of fused-ring (bicyclic) bond motifs is 2. The lowest BCUT2D eigenvalue weighted by atomic mass is 9.96. The molecule has 0 spiro atoms. The van der Waals surface area contributed by atoms with Crippen molar-refractivity contribution in [1.82, 2.24) is 15.2 Å². The fourth-order valence-electron chi connectivity index (χ4n) is 3.81. The number of halogens is 2. The third kappa shape index (κ3) is 3.01. The highest BCUT2D eigenvalue weighted by Crippen LogP contribution is 2.41. The molecule has 2 aliphatic rings. The first-order valence-electron chi connectivity index (χ1n) is 8.24. The molecule has 4 rings (SSSR count). The number of hydrogen-bond acceptors (Lipinski definition) is 4. The van der Waals surface area contributed by atoms with Gasteiger partial charge in [-0.05, 0) is 63.7 Å². The van der Waals surface area contributed by atoms with Crippen LogP contribution >= 0.6 is 31.9 Å². The van der Waals surface area contributed by atoms with Gasteiger partial charge in [0, 0.05) is 41.3 Å². The number of aromatic nitrogens is 1. The van der Waals surface area contributed by atoms with E-state index in [1.165, 1.54) is 16.7 Å². The van der Waals surface area contributed by atoms with Crippen molar-refractivity contribution in [1.29, 1.82) is 0 Å². The molecule has 0 radical (unpaired) electrons. The van der Waals surface area contributed by atoms with Crippen LogP contribution in [-0.4, -0.2) is 41.2 Å². The summed E-state index contributed by atoms with van der Waals surface area (Å²) < 4.78 is 1.99. The lowest BCUT2D eigenvalue weighted by molar-refractivity contribution is 0.194. The Morgan fingerprint density at radius 3 is 2.62 bits per heavy atom. The van der Waals surface area contributed by atoms with Crippen LogP contribution in [0, 0.1) is 0 Å². The second-order valence-electron chi connectivity index (χ2n) is 6.39. The number of rotatable bonds is 1. The van der Waals surface area contributed by atoms with E-state index in [1.807, 2.05) is 12.3 Å². The number of nitrogens with one attached hydrogen (secondary N) is 1. The lowest BCUT2D eigenvalue weighted by Crippen LogP contribution is -2.45. The van der Waals surface area contributed by atoms with Crippen LogP contribution in [0.3, 0.4) is 0 Å². The van der Waals surface area contributed by atoms with Gasteiger partial charge in [-0.3, -0.25) is 9.88 Å². The summed E-state index contributed by atoms with van der Waals surface area (Å²) >= 11 is 7.26. The summed E-state index contributed by atoms with van der Waals surface area (Å²) in [6, 6.07) is 6.04. The zero-order valence-electron chi connectivity index (χ0n) is 13.2. The van der Waals surface area contributed by atoms with Crippen LogP contribution in [0.4, 0.5) is 0 Å². The topological polar surface area (TPSA) is 48.4 Å². The van der Waals surface area contributed by atoms with Gasteiger partial charge >= 0.3 is 0 Å². The maximum absolute atomic E-state index is 10.0. The summed E-state index contributed by atoms with van der Waals surface area (Å²) in [4.78, 5) is 7.31. The number of nitrogens with zero attached hydrogens (tertiary/aromatic N) is 2. The minimum atomic E-state index is 0.127. The first-order chi connectivity index (χ1) is 11.6. The largest absolute Gasteiger partial charge is 0.508 e. The van der Waals surface area contributed by atoms with Gasteiger partial charge in [-0.15, -0.1) is 0 Å². The van der Waals surface area contributed by atoms with E-state index in [9.17, 15) is 5.11 Å². The lowest BCUT2D eigenvalue weighted by Gasteiger charge is -2.36. The van der Waals surface area contributed by atoms with Gasteiger partial charge in [0.05, 0.1) is 11.7 Å². The summed E-state index contributed by atoms with van der Waals surface area (Å²) in [5.74, 6) is 0.319. The van der Waals surface area contributed by atoms with Crippen molar-refractivity contribution in [2.75, 3.05) is 26.2 Å². The molecule has 6 heteroatoms. The average Bonchev–Trinajstić information content (AvgIpc) is 2.72. The van der Waals surface area contributed by atoms with Gasteiger partial charge in [0.15, 0.2) is 0 Å².